The maximum absolute atomic E-state index is 13.9. The Balaban J connectivity index is 1.03. The van der Waals surface area contributed by atoms with E-state index in [2.05, 4.69) is 41.5 Å². The number of β-lactam (4-membered cyclic amide) rings is 2. The van der Waals surface area contributed by atoms with Crippen LogP contribution in [0.4, 0.5) is 10.3 Å². The minimum Gasteiger partial charge on any atom is -0.481 e. The summed E-state index contributed by atoms with van der Waals surface area (Å²) in [7, 11) is 0. The van der Waals surface area contributed by atoms with E-state index < -0.39 is 87.0 Å². The zero-order valence-electron chi connectivity index (χ0n) is 40.0. The summed E-state index contributed by atoms with van der Waals surface area (Å²) < 4.78 is 1.80. The SMILES string of the molecule is CC(C)(C)O/N=C(\C(=O)N[C@@H]1C(=O)N2C(C(=O)O)=C(C[n+]3ccccc3)CS[C@H]12)c1csc(NCC2=C(C(=O)O)N3C(=O)[C@@H](NC(=O)C(=NCC(C)(C)C(=O)O)c4csc(NOC(C)(C)C(=O)O)n4)[C@H]3SC2)n1. The number of aliphatic imine (C=N–C) groups is 1. The van der Waals surface area contributed by atoms with Gasteiger partial charge in [-0.3, -0.25) is 43.6 Å². The fourth-order valence-electron chi connectivity index (χ4n) is 7.09. The lowest BCUT2D eigenvalue weighted by molar-refractivity contribution is -0.689. The fraction of sp³-hybridized carbons (Fsp3) is 0.432. The van der Waals surface area contributed by atoms with Crippen molar-refractivity contribution in [2.24, 2.45) is 15.6 Å². The lowest BCUT2D eigenvalue weighted by atomic mass is 9.94. The number of anilines is 2. The summed E-state index contributed by atoms with van der Waals surface area (Å²) in [5.41, 5.74) is -1.79. The molecule has 73 heavy (non-hydrogen) atoms. The molecular formula is C44H50N11O14S4+. The van der Waals surface area contributed by atoms with Crippen LogP contribution in [0.3, 0.4) is 0 Å². The van der Waals surface area contributed by atoms with E-state index in [0.29, 0.717) is 11.1 Å². The second kappa shape index (κ2) is 21.3. The van der Waals surface area contributed by atoms with E-state index in [1.165, 1.54) is 66.9 Å². The molecule has 0 saturated carbocycles. The van der Waals surface area contributed by atoms with Crippen LogP contribution in [0.5, 0.6) is 0 Å². The number of thiazole rings is 2. The largest absolute Gasteiger partial charge is 0.481 e. The molecule has 3 aromatic rings. The Morgan fingerprint density at radius 2 is 1.26 bits per heavy atom. The summed E-state index contributed by atoms with van der Waals surface area (Å²) in [6, 6.07) is 3.11. The van der Waals surface area contributed by atoms with E-state index >= 15 is 0 Å². The zero-order valence-corrected chi connectivity index (χ0v) is 43.3. The quantitative estimate of drug-likeness (QED) is 0.0326. The first-order chi connectivity index (χ1) is 34.3. The average Bonchev–Trinajstić information content (AvgIpc) is 4.00. The van der Waals surface area contributed by atoms with Gasteiger partial charge in [0.15, 0.2) is 35.4 Å². The van der Waals surface area contributed by atoms with Gasteiger partial charge in [-0.25, -0.2) is 34.4 Å². The molecule has 4 aliphatic rings. The van der Waals surface area contributed by atoms with Gasteiger partial charge in [0.25, 0.3) is 23.6 Å². The molecule has 0 bridgehead atoms. The Kier molecular flexibility index (Phi) is 15.7. The smallest absolute Gasteiger partial charge is 0.352 e. The number of carboxylic acids is 4. The first-order valence-corrected chi connectivity index (χ1v) is 25.9. The highest BCUT2D eigenvalue weighted by atomic mass is 32.2. The van der Waals surface area contributed by atoms with E-state index in [0.717, 1.165) is 27.6 Å². The number of amides is 4. The van der Waals surface area contributed by atoms with Gasteiger partial charge in [-0.05, 0) is 54.0 Å². The second-order valence-corrected chi connectivity index (χ2v) is 22.7. The Morgan fingerprint density at radius 1 is 0.740 bits per heavy atom. The summed E-state index contributed by atoms with van der Waals surface area (Å²) in [5.74, 6) is -7.89. The zero-order chi connectivity index (χ0) is 53.3. The van der Waals surface area contributed by atoms with Crippen LogP contribution in [0.15, 0.2) is 74.0 Å². The van der Waals surface area contributed by atoms with E-state index in [9.17, 15) is 58.8 Å². The van der Waals surface area contributed by atoms with Crippen molar-refractivity contribution >= 4 is 115 Å². The first kappa shape index (κ1) is 53.8. The number of aliphatic carboxylic acids is 4. The molecule has 0 aliphatic carbocycles. The number of rotatable bonds is 21. The van der Waals surface area contributed by atoms with Gasteiger partial charge in [-0.1, -0.05) is 11.2 Å². The van der Waals surface area contributed by atoms with E-state index in [1.54, 1.807) is 49.9 Å². The number of carbonyl (C=O) groups excluding carboxylic acids is 4. The number of hydrogen-bond donors (Lipinski definition) is 8. The number of pyridine rings is 1. The van der Waals surface area contributed by atoms with Gasteiger partial charge in [0.05, 0.1) is 12.0 Å². The molecule has 3 aromatic heterocycles. The van der Waals surface area contributed by atoms with Gasteiger partial charge in [-0.15, -0.1) is 46.2 Å². The van der Waals surface area contributed by atoms with Crippen LogP contribution in [0.25, 0.3) is 0 Å². The summed E-state index contributed by atoms with van der Waals surface area (Å²) in [6.45, 7) is 10.2. The van der Waals surface area contributed by atoms with Gasteiger partial charge in [0.2, 0.25) is 5.13 Å². The monoisotopic (exact) mass is 1080 g/mol. The van der Waals surface area contributed by atoms with Crippen molar-refractivity contribution in [1.82, 2.24) is 30.4 Å². The molecule has 7 heterocycles. The van der Waals surface area contributed by atoms with Crippen LogP contribution in [0, 0.1) is 5.41 Å². The Labute approximate surface area is 432 Å². The third-order valence-electron chi connectivity index (χ3n) is 11.1. The molecule has 2 fully saturated rings. The highest BCUT2D eigenvalue weighted by molar-refractivity contribution is 8.00. The Morgan fingerprint density at radius 3 is 1.81 bits per heavy atom. The van der Waals surface area contributed by atoms with Crippen molar-refractivity contribution in [3.63, 3.8) is 0 Å². The van der Waals surface area contributed by atoms with Gasteiger partial charge >= 0.3 is 23.9 Å². The van der Waals surface area contributed by atoms with Gasteiger partial charge in [0, 0.05) is 46.5 Å². The Bertz CT molecular complexity index is 2890. The topological polar surface area (TPSA) is 345 Å². The number of oxime groups is 1. The number of fused-ring (bicyclic) bond motifs is 2. The van der Waals surface area contributed by atoms with Crippen LogP contribution in [-0.2, 0) is 54.6 Å². The molecule has 7 rings (SSSR count). The molecule has 0 aromatic carbocycles. The van der Waals surface area contributed by atoms with Crippen molar-refractivity contribution < 1.29 is 73.0 Å². The molecule has 4 atom stereocenters. The molecule has 2 saturated heterocycles. The summed E-state index contributed by atoms with van der Waals surface area (Å²) in [6.07, 6.45) is 3.57. The van der Waals surface area contributed by atoms with Crippen molar-refractivity contribution in [3.05, 3.63) is 75.3 Å². The predicted molar refractivity (Wildman–Crippen MR) is 265 cm³/mol. The van der Waals surface area contributed by atoms with Crippen LogP contribution < -0.4 is 26.0 Å². The minimum absolute atomic E-state index is 0.0395. The van der Waals surface area contributed by atoms with Gasteiger partial charge in [0.1, 0.15) is 56.9 Å². The minimum atomic E-state index is -1.66. The predicted octanol–water partition coefficient (Wildman–Crippen LogP) is 1.80. The van der Waals surface area contributed by atoms with E-state index in [1.807, 2.05) is 6.07 Å². The lowest BCUT2D eigenvalue weighted by Gasteiger charge is -2.49. The van der Waals surface area contributed by atoms with E-state index in [-0.39, 0.29) is 75.6 Å². The number of carbonyl (C=O) groups is 8. The van der Waals surface area contributed by atoms with Crippen LogP contribution in [0.2, 0.25) is 0 Å². The molecule has 0 spiro atoms. The molecule has 0 unspecified atom stereocenters. The summed E-state index contributed by atoms with van der Waals surface area (Å²) in [4.78, 5) is 130. The summed E-state index contributed by atoms with van der Waals surface area (Å²) >= 11 is 4.46. The number of nitrogens with zero attached hydrogens (tertiary/aromatic N) is 7. The van der Waals surface area contributed by atoms with Crippen LogP contribution in [0.1, 0.15) is 59.9 Å². The van der Waals surface area contributed by atoms with Crippen LogP contribution >= 0.6 is 46.2 Å². The van der Waals surface area contributed by atoms with Crippen molar-refractivity contribution in [2.75, 3.05) is 35.4 Å². The molecule has 8 N–H and O–H groups in total. The molecule has 388 valence electrons. The average molecular weight is 1090 g/mol. The van der Waals surface area contributed by atoms with Crippen LogP contribution in [-0.4, -0.2) is 158 Å². The number of hydrogen-bond acceptors (Lipinski definition) is 20. The third-order valence-corrected chi connectivity index (χ3v) is 15.3. The van der Waals surface area contributed by atoms with Crippen molar-refractivity contribution in [3.8, 4) is 0 Å². The third kappa shape index (κ3) is 11.8. The normalized spacial score (nSPS) is 20.3. The maximum Gasteiger partial charge on any atom is 0.352 e. The molecule has 4 aliphatic heterocycles. The lowest BCUT2D eigenvalue weighted by Crippen LogP contribution is -2.71. The van der Waals surface area contributed by atoms with Crippen molar-refractivity contribution in [1.29, 1.82) is 0 Å². The standard InChI is InChI=1S/C44H49N11O14S4/c1-42(2,3)68-51-25(31(57)50-27-33(59)55-29(37(62)63)21(16-71-35(27)55)14-53-11-9-8-10-12-53)23-18-72-40(47-23)45-13-20-15-70-34-26(32(58)54(34)28(20)36(60)61)49-30(56)24(46-19-43(4,5)38(64)65)22-17-73-41(48-22)52-69-44(6,7)39(66)67/h8-12,17-18,26-27,34-35H,13-16,19H2,1-7H3,(H7-,45,47,48,49,50,52,56,57,60,61,62,63,64,65,66,67)/p+1/b46-24?,51-25-/t26-,27-,34-,35-/m1/s1. The Hall–Kier alpha value is -6.95. The molecule has 25 nitrogen and oxygen atoms in total. The molecule has 29 heteroatoms. The van der Waals surface area contributed by atoms with E-state index in [4.69, 9.17) is 9.68 Å². The highest BCUT2D eigenvalue weighted by Gasteiger charge is 2.56. The molecule has 0 radical (unpaired) electrons. The molecule has 4 amide bonds. The number of thioether (sulfide) groups is 2. The number of nitrogens with one attached hydrogen (secondary N) is 4. The van der Waals surface area contributed by atoms with Crippen molar-refractivity contribution in [2.45, 2.75) is 89.0 Å². The fourth-order valence-corrected chi connectivity index (χ4v) is 11.1. The first-order valence-electron chi connectivity index (χ1n) is 22.0. The van der Waals surface area contributed by atoms with Gasteiger partial charge < -0.3 is 41.2 Å². The van der Waals surface area contributed by atoms with Gasteiger partial charge in [-0.2, -0.15) is 0 Å². The number of aromatic nitrogens is 3. The highest BCUT2D eigenvalue weighted by Crippen LogP contribution is 2.42. The maximum atomic E-state index is 13.9. The molecular weight excluding hydrogens is 1030 g/mol. The summed E-state index contributed by atoms with van der Waals surface area (Å²) in [5, 5.41) is 53.6. The second-order valence-electron chi connectivity index (χ2n) is 18.7. The number of carboxylic acid groups (broad SMARTS) is 4.